The molecule has 22 heavy (non-hydrogen) atoms. The van der Waals surface area contributed by atoms with Crippen molar-refractivity contribution in [3.05, 3.63) is 41.6 Å². The quantitative estimate of drug-likeness (QED) is 0.728. The summed E-state index contributed by atoms with van der Waals surface area (Å²) in [6, 6.07) is 9.40. The molecule has 0 bridgehead atoms. The van der Waals surface area contributed by atoms with Gasteiger partial charge in [-0.15, -0.1) is 0 Å². The van der Waals surface area contributed by atoms with Crippen LogP contribution in [-0.4, -0.2) is 42.1 Å². The van der Waals surface area contributed by atoms with Gasteiger partial charge in [0.25, 0.3) is 0 Å². The Labute approximate surface area is 136 Å². The van der Waals surface area contributed by atoms with Crippen LogP contribution in [0.1, 0.15) is 12.8 Å². The number of unbranched alkanes of at least 4 members (excludes halogenated alkanes) is 1. The minimum atomic E-state index is 0.534. The summed E-state index contributed by atoms with van der Waals surface area (Å²) < 4.78 is 0. The van der Waals surface area contributed by atoms with Crippen LogP contribution >= 0.6 is 11.6 Å². The Hall–Kier alpha value is -1.85. The summed E-state index contributed by atoms with van der Waals surface area (Å²) in [5.74, 6) is 1.35. The largest absolute Gasteiger partial charge is 0.370 e. The summed E-state index contributed by atoms with van der Waals surface area (Å²) in [6.07, 6.45) is 4.00. The Morgan fingerprint density at radius 3 is 2.73 bits per heavy atom. The summed E-state index contributed by atoms with van der Waals surface area (Å²) in [4.78, 5) is 10.8. The highest BCUT2D eigenvalue weighted by atomic mass is 35.5. The average Bonchev–Trinajstić information content (AvgIpc) is 2.49. The number of hydrogen-bond acceptors (Lipinski definition) is 5. The van der Waals surface area contributed by atoms with Gasteiger partial charge in [0, 0.05) is 12.7 Å². The smallest absolute Gasteiger partial charge is 0.229 e. The Bertz CT molecular complexity index is 588. The molecule has 118 valence electrons. The summed E-state index contributed by atoms with van der Waals surface area (Å²) in [5, 5.41) is 7.09. The van der Waals surface area contributed by atoms with Crippen molar-refractivity contribution in [2.75, 3.05) is 37.8 Å². The van der Waals surface area contributed by atoms with Gasteiger partial charge in [-0.2, -0.15) is 4.98 Å². The van der Waals surface area contributed by atoms with Crippen molar-refractivity contribution in [1.82, 2.24) is 14.9 Å². The van der Waals surface area contributed by atoms with Crippen LogP contribution in [0.4, 0.5) is 17.5 Å². The van der Waals surface area contributed by atoms with Crippen molar-refractivity contribution in [2.45, 2.75) is 12.8 Å². The van der Waals surface area contributed by atoms with Crippen LogP contribution in [0.25, 0.3) is 0 Å². The van der Waals surface area contributed by atoms with Gasteiger partial charge in [0.05, 0.1) is 10.7 Å². The van der Waals surface area contributed by atoms with Gasteiger partial charge in [0.2, 0.25) is 5.95 Å². The molecule has 0 unspecified atom stereocenters. The first-order valence-electron chi connectivity index (χ1n) is 7.38. The molecule has 0 spiro atoms. The number of para-hydroxylation sites is 1. The van der Waals surface area contributed by atoms with Crippen molar-refractivity contribution in [3.8, 4) is 0 Å². The molecule has 0 aliphatic carbocycles. The number of anilines is 3. The number of aromatic nitrogens is 2. The van der Waals surface area contributed by atoms with Crippen LogP contribution in [0.15, 0.2) is 36.5 Å². The minimum absolute atomic E-state index is 0.534. The van der Waals surface area contributed by atoms with Crippen LogP contribution in [0.3, 0.4) is 0 Å². The molecule has 2 aromatic rings. The van der Waals surface area contributed by atoms with E-state index in [1.807, 2.05) is 30.3 Å². The lowest BCUT2D eigenvalue weighted by molar-refractivity contribution is 0.396. The second-order valence-corrected chi connectivity index (χ2v) is 5.71. The van der Waals surface area contributed by atoms with Gasteiger partial charge in [0.1, 0.15) is 5.82 Å². The topological polar surface area (TPSA) is 53.1 Å². The zero-order valence-electron chi connectivity index (χ0n) is 13.0. The number of halogens is 1. The highest BCUT2D eigenvalue weighted by Crippen LogP contribution is 2.23. The van der Waals surface area contributed by atoms with Crippen LogP contribution in [-0.2, 0) is 0 Å². The van der Waals surface area contributed by atoms with E-state index in [0.29, 0.717) is 11.0 Å². The first kappa shape index (κ1) is 16.5. The molecule has 0 fully saturated rings. The van der Waals surface area contributed by atoms with Gasteiger partial charge >= 0.3 is 0 Å². The van der Waals surface area contributed by atoms with Crippen LogP contribution in [0.5, 0.6) is 0 Å². The molecule has 6 heteroatoms. The molecule has 0 aliphatic rings. The van der Waals surface area contributed by atoms with Gasteiger partial charge in [-0.3, -0.25) is 0 Å². The molecule has 0 amide bonds. The molecule has 0 saturated carbocycles. The molecule has 2 N–H and O–H groups in total. The Balaban J connectivity index is 1.86. The number of hydrogen-bond donors (Lipinski definition) is 2. The molecular weight excluding hydrogens is 298 g/mol. The molecule has 1 aromatic heterocycles. The fourth-order valence-electron chi connectivity index (χ4n) is 1.97. The fourth-order valence-corrected chi connectivity index (χ4v) is 2.15. The maximum absolute atomic E-state index is 6.12. The monoisotopic (exact) mass is 319 g/mol. The lowest BCUT2D eigenvalue weighted by Crippen LogP contribution is -2.14. The van der Waals surface area contributed by atoms with Crippen molar-refractivity contribution in [3.63, 3.8) is 0 Å². The SMILES string of the molecule is CN(C)CCCCNc1ccnc(Nc2ccccc2Cl)n1. The highest BCUT2D eigenvalue weighted by molar-refractivity contribution is 6.33. The van der Waals surface area contributed by atoms with E-state index < -0.39 is 0 Å². The van der Waals surface area contributed by atoms with E-state index in [1.165, 1.54) is 0 Å². The van der Waals surface area contributed by atoms with Crippen LogP contribution in [0.2, 0.25) is 5.02 Å². The zero-order valence-corrected chi connectivity index (χ0v) is 13.8. The number of rotatable bonds is 8. The van der Waals surface area contributed by atoms with E-state index in [2.05, 4.69) is 39.6 Å². The van der Waals surface area contributed by atoms with Gasteiger partial charge in [-0.25, -0.2) is 4.98 Å². The molecular formula is C16H22ClN5. The molecule has 1 heterocycles. The van der Waals surface area contributed by atoms with Crippen molar-refractivity contribution in [2.24, 2.45) is 0 Å². The lowest BCUT2D eigenvalue weighted by atomic mass is 10.3. The Morgan fingerprint density at radius 1 is 1.14 bits per heavy atom. The third kappa shape index (κ3) is 5.50. The Kier molecular flexibility index (Phi) is 6.43. The summed E-state index contributed by atoms with van der Waals surface area (Å²) in [5.41, 5.74) is 0.798. The third-order valence-electron chi connectivity index (χ3n) is 3.11. The molecule has 0 radical (unpaired) electrons. The first-order valence-corrected chi connectivity index (χ1v) is 7.76. The fraction of sp³-hybridized carbons (Fsp3) is 0.375. The van der Waals surface area contributed by atoms with E-state index >= 15 is 0 Å². The third-order valence-corrected chi connectivity index (χ3v) is 3.44. The van der Waals surface area contributed by atoms with Gasteiger partial charge in [0.15, 0.2) is 0 Å². The number of benzene rings is 1. The molecule has 1 aromatic carbocycles. The molecule has 5 nitrogen and oxygen atoms in total. The molecule has 2 rings (SSSR count). The van der Waals surface area contributed by atoms with Crippen molar-refractivity contribution < 1.29 is 0 Å². The molecule has 0 saturated heterocycles. The summed E-state index contributed by atoms with van der Waals surface area (Å²) in [6.45, 7) is 2.00. The van der Waals surface area contributed by atoms with Crippen LogP contribution < -0.4 is 10.6 Å². The van der Waals surface area contributed by atoms with Gasteiger partial charge in [-0.1, -0.05) is 23.7 Å². The normalized spacial score (nSPS) is 10.7. The standard InChI is InChI=1S/C16H22ClN5/c1-22(2)12-6-5-10-18-15-9-11-19-16(21-15)20-14-8-4-3-7-13(14)17/h3-4,7-9,11H,5-6,10,12H2,1-2H3,(H2,18,19,20,21). The van der Waals surface area contributed by atoms with Crippen molar-refractivity contribution >= 4 is 29.1 Å². The second-order valence-electron chi connectivity index (χ2n) is 5.31. The average molecular weight is 320 g/mol. The van der Waals surface area contributed by atoms with E-state index in [9.17, 15) is 0 Å². The lowest BCUT2D eigenvalue weighted by Gasteiger charge is -2.11. The van der Waals surface area contributed by atoms with E-state index in [-0.39, 0.29) is 0 Å². The van der Waals surface area contributed by atoms with Crippen LogP contribution in [0, 0.1) is 0 Å². The van der Waals surface area contributed by atoms with Gasteiger partial charge < -0.3 is 15.5 Å². The number of nitrogens with zero attached hydrogens (tertiary/aromatic N) is 3. The Morgan fingerprint density at radius 2 is 1.95 bits per heavy atom. The second kappa shape index (κ2) is 8.56. The van der Waals surface area contributed by atoms with E-state index in [0.717, 1.165) is 37.4 Å². The van der Waals surface area contributed by atoms with E-state index in [1.54, 1.807) is 6.20 Å². The maximum Gasteiger partial charge on any atom is 0.229 e. The predicted octanol–water partition coefficient (Wildman–Crippen LogP) is 3.63. The van der Waals surface area contributed by atoms with E-state index in [4.69, 9.17) is 11.6 Å². The minimum Gasteiger partial charge on any atom is -0.370 e. The van der Waals surface area contributed by atoms with Crippen molar-refractivity contribution in [1.29, 1.82) is 0 Å². The first-order chi connectivity index (χ1) is 10.6. The summed E-state index contributed by atoms with van der Waals surface area (Å²) in [7, 11) is 4.18. The molecule has 0 atom stereocenters. The molecule has 0 aliphatic heterocycles. The van der Waals surface area contributed by atoms with Gasteiger partial charge in [-0.05, 0) is 51.7 Å². The summed E-state index contributed by atoms with van der Waals surface area (Å²) >= 11 is 6.12. The number of nitrogens with one attached hydrogen (secondary N) is 2. The zero-order chi connectivity index (χ0) is 15.8. The highest BCUT2D eigenvalue weighted by Gasteiger charge is 2.03. The maximum atomic E-state index is 6.12. The predicted molar refractivity (Wildman–Crippen MR) is 93.0 cm³/mol.